The van der Waals surface area contributed by atoms with Gasteiger partial charge in [-0.2, -0.15) is 0 Å². The van der Waals surface area contributed by atoms with Crippen molar-refractivity contribution >= 4 is 23.6 Å². The molecule has 1 heterocycles. The second-order valence-corrected chi connectivity index (χ2v) is 6.98. The molecule has 0 bridgehead atoms. The Morgan fingerprint density at radius 2 is 1.62 bits per heavy atom. The highest BCUT2D eigenvalue weighted by molar-refractivity contribution is 6.01. The van der Waals surface area contributed by atoms with Gasteiger partial charge in [0.2, 0.25) is 5.91 Å². The predicted molar refractivity (Wildman–Crippen MR) is 115 cm³/mol. The van der Waals surface area contributed by atoms with Crippen LogP contribution in [0.15, 0.2) is 60.7 Å². The number of para-hydroxylation sites is 1. The van der Waals surface area contributed by atoms with Crippen LogP contribution in [0.4, 0.5) is 5.69 Å². The Hall–Kier alpha value is -2.96. The number of benzene rings is 2. The molecule has 1 amide bonds. The van der Waals surface area contributed by atoms with Crippen LogP contribution in [-0.4, -0.2) is 68.1 Å². The number of carbonyl (C=O) groups is 2. The van der Waals surface area contributed by atoms with E-state index in [4.69, 9.17) is 4.74 Å². The van der Waals surface area contributed by atoms with Gasteiger partial charge in [0, 0.05) is 32.7 Å². The number of nitrogens with one attached hydrogen (secondary N) is 1. The van der Waals surface area contributed by atoms with E-state index in [0.717, 1.165) is 32.7 Å². The van der Waals surface area contributed by atoms with E-state index in [2.05, 4.69) is 39.4 Å². The molecule has 0 atom stereocenters. The zero-order chi connectivity index (χ0) is 20.5. The number of ether oxygens (including phenoxy) is 1. The molecule has 6 heteroatoms. The minimum Gasteiger partial charge on any atom is -0.465 e. The number of hydrogen-bond acceptors (Lipinski definition) is 5. The fourth-order valence-electron chi connectivity index (χ4n) is 3.30. The average Bonchev–Trinajstić information content (AvgIpc) is 2.75. The Labute approximate surface area is 171 Å². The van der Waals surface area contributed by atoms with Crippen LogP contribution < -0.4 is 5.32 Å². The van der Waals surface area contributed by atoms with Crippen LogP contribution in [-0.2, 0) is 9.53 Å². The van der Waals surface area contributed by atoms with Crippen LogP contribution in [0.3, 0.4) is 0 Å². The summed E-state index contributed by atoms with van der Waals surface area (Å²) in [5.41, 5.74) is 2.04. The first-order valence-electron chi connectivity index (χ1n) is 9.79. The average molecular weight is 393 g/mol. The van der Waals surface area contributed by atoms with Gasteiger partial charge in [-0.1, -0.05) is 54.6 Å². The fraction of sp³-hybridized carbons (Fsp3) is 0.304. The van der Waals surface area contributed by atoms with Crippen LogP contribution in [0.1, 0.15) is 15.9 Å². The first kappa shape index (κ1) is 20.8. The second kappa shape index (κ2) is 10.5. The summed E-state index contributed by atoms with van der Waals surface area (Å²) in [6, 6.07) is 17.1. The molecule has 2 aromatic carbocycles. The van der Waals surface area contributed by atoms with E-state index in [9.17, 15) is 9.59 Å². The standard InChI is InChI=1S/C23H27N3O3/c1-29-23(28)20-11-5-6-12-21(20)24-22(27)18-26-16-14-25(15-17-26)13-7-10-19-8-3-2-4-9-19/h2-12H,13-18H2,1H3,(H,24,27)/b10-7+. The van der Waals surface area contributed by atoms with E-state index >= 15 is 0 Å². The quantitative estimate of drug-likeness (QED) is 0.733. The second-order valence-electron chi connectivity index (χ2n) is 6.98. The maximum Gasteiger partial charge on any atom is 0.339 e. The Balaban J connectivity index is 1.43. The van der Waals surface area contributed by atoms with E-state index in [1.165, 1.54) is 12.7 Å². The first-order chi connectivity index (χ1) is 14.2. The summed E-state index contributed by atoms with van der Waals surface area (Å²) >= 11 is 0. The minimum absolute atomic E-state index is 0.126. The fourth-order valence-corrected chi connectivity index (χ4v) is 3.30. The molecule has 6 nitrogen and oxygen atoms in total. The molecular formula is C23H27N3O3. The van der Waals surface area contributed by atoms with Gasteiger partial charge in [-0.15, -0.1) is 0 Å². The molecule has 1 aliphatic heterocycles. The van der Waals surface area contributed by atoms with Crippen molar-refractivity contribution in [3.63, 3.8) is 0 Å². The molecule has 1 saturated heterocycles. The van der Waals surface area contributed by atoms with Gasteiger partial charge in [-0.3, -0.25) is 14.6 Å². The van der Waals surface area contributed by atoms with Crippen LogP contribution >= 0.6 is 0 Å². The summed E-state index contributed by atoms with van der Waals surface area (Å²) in [6.07, 6.45) is 4.32. The molecule has 0 radical (unpaired) electrons. The molecule has 0 saturated carbocycles. The van der Waals surface area contributed by atoms with Gasteiger partial charge < -0.3 is 10.1 Å². The van der Waals surface area contributed by atoms with Crippen LogP contribution in [0.25, 0.3) is 6.08 Å². The maximum absolute atomic E-state index is 12.4. The molecule has 3 rings (SSSR count). The molecule has 1 aliphatic rings. The van der Waals surface area contributed by atoms with Gasteiger partial charge in [-0.05, 0) is 17.7 Å². The van der Waals surface area contributed by atoms with E-state index in [1.807, 2.05) is 18.2 Å². The van der Waals surface area contributed by atoms with E-state index in [-0.39, 0.29) is 5.91 Å². The zero-order valence-corrected chi connectivity index (χ0v) is 16.7. The molecule has 0 aliphatic carbocycles. The van der Waals surface area contributed by atoms with Crippen molar-refractivity contribution in [3.05, 3.63) is 71.8 Å². The van der Waals surface area contributed by atoms with Crippen LogP contribution in [0.2, 0.25) is 0 Å². The summed E-state index contributed by atoms with van der Waals surface area (Å²) in [4.78, 5) is 28.8. The molecule has 0 unspecified atom stereocenters. The highest BCUT2D eigenvalue weighted by atomic mass is 16.5. The number of nitrogens with zero attached hydrogens (tertiary/aromatic N) is 2. The van der Waals surface area contributed by atoms with Gasteiger partial charge in [0.05, 0.1) is 24.9 Å². The van der Waals surface area contributed by atoms with E-state index < -0.39 is 5.97 Å². The van der Waals surface area contributed by atoms with Gasteiger partial charge in [0.15, 0.2) is 0 Å². The summed E-state index contributed by atoms with van der Waals surface area (Å²) in [5.74, 6) is -0.586. The number of carbonyl (C=O) groups excluding carboxylic acids is 2. The van der Waals surface area contributed by atoms with E-state index in [1.54, 1.807) is 24.3 Å². The molecule has 1 N–H and O–H groups in total. The Morgan fingerprint density at radius 1 is 0.966 bits per heavy atom. The molecule has 29 heavy (non-hydrogen) atoms. The van der Waals surface area contributed by atoms with Gasteiger partial charge in [-0.25, -0.2) is 4.79 Å². The van der Waals surface area contributed by atoms with Gasteiger partial charge in [0.1, 0.15) is 0 Å². The van der Waals surface area contributed by atoms with Crippen LogP contribution in [0.5, 0.6) is 0 Å². The molecule has 0 spiro atoms. The third-order valence-corrected chi connectivity index (χ3v) is 4.91. The summed E-state index contributed by atoms with van der Waals surface area (Å²) in [5, 5.41) is 2.83. The monoisotopic (exact) mass is 393 g/mol. The van der Waals surface area contributed by atoms with Crippen molar-refractivity contribution < 1.29 is 14.3 Å². The molecule has 152 valence electrons. The van der Waals surface area contributed by atoms with E-state index in [0.29, 0.717) is 17.8 Å². The first-order valence-corrected chi connectivity index (χ1v) is 9.79. The Kier molecular flexibility index (Phi) is 7.55. The third-order valence-electron chi connectivity index (χ3n) is 4.91. The number of hydrogen-bond donors (Lipinski definition) is 1. The third kappa shape index (κ3) is 6.27. The van der Waals surface area contributed by atoms with Crippen molar-refractivity contribution in [3.8, 4) is 0 Å². The topological polar surface area (TPSA) is 61.9 Å². The number of amides is 1. The smallest absolute Gasteiger partial charge is 0.339 e. The molecule has 0 aromatic heterocycles. The van der Waals surface area contributed by atoms with Gasteiger partial charge in [0.25, 0.3) is 0 Å². The lowest BCUT2D eigenvalue weighted by Gasteiger charge is -2.33. The summed E-state index contributed by atoms with van der Waals surface area (Å²) < 4.78 is 4.77. The number of piperazine rings is 1. The van der Waals surface area contributed by atoms with Crippen molar-refractivity contribution in [2.45, 2.75) is 0 Å². The van der Waals surface area contributed by atoms with Crippen molar-refractivity contribution in [1.82, 2.24) is 9.80 Å². The lowest BCUT2D eigenvalue weighted by Crippen LogP contribution is -2.48. The lowest BCUT2D eigenvalue weighted by atomic mass is 10.2. The molecule has 2 aromatic rings. The highest BCUT2D eigenvalue weighted by Gasteiger charge is 2.19. The number of esters is 1. The lowest BCUT2D eigenvalue weighted by molar-refractivity contribution is -0.117. The maximum atomic E-state index is 12.4. The molecular weight excluding hydrogens is 366 g/mol. The number of methoxy groups -OCH3 is 1. The predicted octanol–water partition coefficient (Wildman–Crippen LogP) is 2.74. The summed E-state index contributed by atoms with van der Waals surface area (Å²) in [7, 11) is 1.33. The number of anilines is 1. The van der Waals surface area contributed by atoms with Crippen molar-refractivity contribution in [2.75, 3.05) is 51.7 Å². The summed E-state index contributed by atoms with van der Waals surface area (Å²) in [6.45, 7) is 4.73. The Bertz CT molecular complexity index is 843. The molecule has 1 fully saturated rings. The SMILES string of the molecule is COC(=O)c1ccccc1NC(=O)CN1CCN(C/C=C/c2ccccc2)CC1. The normalized spacial score (nSPS) is 15.3. The van der Waals surface area contributed by atoms with Crippen molar-refractivity contribution in [1.29, 1.82) is 0 Å². The minimum atomic E-state index is -0.460. The Morgan fingerprint density at radius 3 is 2.34 bits per heavy atom. The zero-order valence-electron chi connectivity index (χ0n) is 16.7. The highest BCUT2D eigenvalue weighted by Crippen LogP contribution is 2.16. The van der Waals surface area contributed by atoms with Gasteiger partial charge >= 0.3 is 5.97 Å². The van der Waals surface area contributed by atoms with Crippen molar-refractivity contribution in [2.24, 2.45) is 0 Å². The number of rotatable bonds is 7. The van der Waals surface area contributed by atoms with Crippen LogP contribution in [0, 0.1) is 0 Å². The largest absolute Gasteiger partial charge is 0.465 e.